The molecule has 0 spiro atoms. The number of rotatable bonds is 3. The Kier molecular flexibility index (Phi) is 3.66. The number of hydrogen-bond donors (Lipinski definition) is 2. The number of benzene rings is 1. The van der Waals surface area contributed by atoms with E-state index in [4.69, 9.17) is 4.74 Å². The van der Waals surface area contributed by atoms with E-state index in [2.05, 4.69) is 9.97 Å². The maximum absolute atomic E-state index is 12.1. The Balaban J connectivity index is 2.57. The SMILES string of the molecule is COC(C)c1nc(O)c(-c2cccc(C)c2)c(=O)[nH]1. The van der Waals surface area contributed by atoms with Crippen LogP contribution in [0.25, 0.3) is 11.1 Å². The summed E-state index contributed by atoms with van der Waals surface area (Å²) in [5.41, 5.74) is 1.45. The number of ether oxygens (including phenoxy) is 1. The molecule has 1 heterocycles. The third-order valence-corrected chi connectivity index (χ3v) is 2.96. The number of methoxy groups -OCH3 is 1. The van der Waals surface area contributed by atoms with Crippen LogP contribution in [-0.4, -0.2) is 22.2 Å². The molecule has 2 N–H and O–H groups in total. The molecule has 0 aliphatic carbocycles. The van der Waals surface area contributed by atoms with E-state index < -0.39 is 0 Å². The van der Waals surface area contributed by atoms with E-state index in [0.29, 0.717) is 11.4 Å². The number of H-pyrrole nitrogens is 1. The number of nitrogens with zero attached hydrogens (tertiary/aromatic N) is 1. The predicted octanol–water partition coefficient (Wildman–Crippen LogP) is 2.16. The molecule has 1 unspecified atom stereocenters. The fourth-order valence-electron chi connectivity index (χ4n) is 1.84. The molecule has 0 aliphatic rings. The summed E-state index contributed by atoms with van der Waals surface area (Å²) < 4.78 is 5.07. The number of aryl methyl sites for hydroxylation is 1. The zero-order chi connectivity index (χ0) is 14.0. The Bertz CT molecular complexity index is 649. The summed E-state index contributed by atoms with van der Waals surface area (Å²) in [6, 6.07) is 7.34. The lowest BCUT2D eigenvalue weighted by atomic mass is 10.1. The largest absolute Gasteiger partial charge is 0.493 e. The van der Waals surface area contributed by atoms with E-state index in [1.54, 1.807) is 13.0 Å². The Hall–Kier alpha value is -2.14. The molecule has 1 aromatic carbocycles. The van der Waals surface area contributed by atoms with E-state index in [-0.39, 0.29) is 23.1 Å². The monoisotopic (exact) mass is 260 g/mol. The quantitative estimate of drug-likeness (QED) is 0.886. The fraction of sp³-hybridized carbons (Fsp3) is 0.286. The average molecular weight is 260 g/mol. The van der Waals surface area contributed by atoms with E-state index in [9.17, 15) is 9.90 Å². The van der Waals surface area contributed by atoms with Gasteiger partial charge < -0.3 is 14.8 Å². The number of aromatic nitrogens is 2. The second-order valence-electron chi connectivity index (χ2n) is 4.40. The lowest BCUT2D eigenvalue weighted by Crippen LogP contribution is -2.16. The molecule has 19 heavy (non-hydrogen) atoms. The summed E-state index contributed by atoms with van der Waals surface area (Å²) in [4.78, 5) is 18.7. The second kappa shape index (κ2) is 5.24. The maximum atomic E-state index is 12.1. The molecule has 2 aromatic rings. The van der Waals surface area contributed by atoms with Crippen molar-refractivity contribution in [3.05, 3.63) is 46.0 Å². The van der Waals surface area contributed by atoms with Gasteiger partial charge in [0.25, 0.3) is 5.56 Å². The Morgan fingerprint density at radius 2 is 2.16 bits per heavy atom. The summed E-state index contributed by atoms with van der Waals surface area (Å²) in [6.45, 7) is 3.66. The van der Waals surface area contributed by atoms with Gasteiger partial charge in [-0.15, -0.1) is 0 Å². The highest BCUT2D eigenvalue weighted by Gasteiger charge is 2.15. The molecule has 2 rings (SSSR count). The van der Waals surface area contributed by atoms with Crippen LogP contribution in [-0.2, 0) is 4.74 Å². The first-order valence-electron chi connectivity index (χ1n) is 5.96. The molecule has 100 valence electrons. The Morgan fingerprint density at radius 3 is 2.74 bits per heavy atom. The van der Waals surface area contributed by atoms with Gasteiger partial charge >= 0.3 is 0 Å². The third kappa shape index (κ3) is 2.66. The number of aromatic amines is 1. The Morgan fingerprint density at radius 1 is 1.42 bits per heavy atom. The molecule has 5 heteroatoms. The summed E-state index contributed by atoms with van der Waals surface area (Å²) in [6.07, 6.45) is -0.384. The lowest BCUT2D eigenvalue weighted by molar-refractivity contribution is 0.111. The molecule has 0 aliphatic heterocycles. The van der Waals surface area contributed by atoms with Crippen molar-refractivity contribution in [2.24, 2.45) is 0 Å². The van der Waals surface area contributed by atoms with Crippen molar-refractivity contribution in [1.82, 2.24) is 9.97 Å². The van der Waals surface area contributed by atoms with Crippen LogP contribution in [0.15, 0.2) is 29.1 Å². The first-order chi connectivity index (χ1) is 9.02. The van der Waals surface area contributed by atoms with Gasteiger partial charge in [-0.25, -0.2) is 0 Å². The predicted molar refractivity (Wildman–Crippen MR) is 72.1 cm³/mol. The molecule has 1 aromatic heterocycles. The highest BCUT2D eigenvalue weighted by Crippen LogP contribution is 2.25. The van der Waals surface area contributed by atoms with Crippen molar-refractivity contribution in [1.29, 1.82) is 0 Å². The highest BCUT2D eigenvalue weighted by atomic mass is 16.5. The number of nitrogens with one attached hydrogen (secondary N) is 1. The van der Waals surface area contributed by atoms with Crippen LogP contribution in [0, 0.1) is 6.92 Å². The van der Waals surface area contributed by atoms with Crippen LogP contribution in [0.1, 0.15) is 24.4 Å². The van der Waals surface area contributed by atoms with Crippen molar-refractivity contribution in [2.75, 3.05) is 7.11 Å². The molecular weight excluding hydrogens is 244 g/mol. The van der Waals surface area contributed by atoms with E-state index in [0.717, 1.165) is 5.56 Å². The summed E-state index contributed by atoms with van der Waals surface area (Å²) in [5, 5.41) is 9.97. The van der Waals surface area contributed by atoms with Crippen LogP contribution < -0.4 is 5.56 Å². The minimum atomic E-state index is -0.384. The molecule has 0 fully saturated rings. The summed E-state index contributed by atoms with van der Waals surface area (Å²) in [7, 11) is 1.51. The van der Waals surface area contributed by atoms with Crippen molar-refractivity contribution >= 4 is 0 Å². The summed E-state index contributed by atoms with van der Waals surface area (Å²) in [5.74, 6) is 0.0228. The standard InChI is InChI=1S/C14H16N2O3/c1-8-5-4-6-10(7-8)11-13(17)15-12(9(2)19-3)16-14(11)18/h4-7,9H,1-3H3,(H2,15,16,17,18). The van der Waals surface area contributed by atoms with Crippen LogP contribution in [0.4, 0.5) is 0 Å². The normalized spacial score (nSPS) is 12.4. The van der Waals surface area contributed by atoms with Crippen molar-refractivity contribution < 1.29 is 9.84 Å². The molecular formula is C14H16N2O3. The minimum absolute atomic E-state index is 0.177. The first kappa shape index (κ1) is 13.3. The van der Waals surface area contributed by atoms with E-state index in [1.165, 1.54) is 7.11 Å². The highest BCUT2D eigenvalue weighted by molar-refractivity contribution is 5.67. The van der Waals surface area contributed by atoms with Gasteiger partial charge in [-0.1, -0.05) is 29.8 Å². The third-order valence-electron chi connectivity index (χ3n) is 2.96. The number of aromatic hydroxyl groups is 1. The lowest BCUT2D eigenvalue weighted by Gasteiger charge is -2.10. The molecule has 0 bridgehead atoms. The van der Waals surface area contributed by atoms with E-state index in [1.807, 2.05) is 25.1 Å². The molecule has 0 saturated carbocycles. The van der Waals surface area contributed by atoms with E-state index >= 15 is 0 Å². The zero-order valence-electron chi connectivity index (χ0n) is 11.1. The van der Waals surface area contributed by atoms with Crippen LogP contribution in [0.3, 0.4) is 0 Å². The molecule has 5 nitrogen and oxygen atoms in total. The zero-order valence-corrected chi connectivity index (χ0v) is 11.1. The molecule has 1 atom stereocenters. The van der Waals surface area contributed by atoms with Crippen LogP contribution in [0.2, 0.25) is 0 Å². The average Bonchev–Trinajstić information content (AvgIpc) is 2.37. The molecule has 0 saturated heterocycles. The van der Waals surface area contributed by atoms with Crippen LogP contribution in [0.5, 0.6) is 5.88 Å². The van der Waals surface area contributed by atoms with Gasteiger partial charge in [0.05, 0.1) is 0 Å². The number of hydrogen-bond acceptors (Lipinski definition) is 4. The van der Waals surface area contributed by atoms with Gasteiger partial charge in [-0.2, -0.15) is 4.98 Å². The van der Waals surface area contributed by atoms with Gasteiger partial charge in [0.15, 0.2) is 0 Å². The minimum Gasteiger partial charge on any atom is -0.493 e. The molecule has 0 radical (unpaired) electrons. The maximum Gasteiger partial charge on any atom is 0.262 e. The van der Waals surface area contributed by atoms with Gasteiger partial charge in [-0.05, 0) is 19.4 Å². The first-order valence-corrected chi connectivity index (χ1v) is 5.96. The smallest absolute Gasteiger partial charge is 0.262 e. The van der Waals surface area contributed by atoms with Crippen molar-refractivity contribution in [3.63, 3.8) is 0 Å². The van der Waals surface area contributed by atoms with Crippen molar-refractivity contribution in [3.8, 4) is 17.0 Å². The summed E-state index contributed by atoms with van der Waals surface area (Å²) >= 11 is 0. The van der Waals surface area contributed by atoms with Gasteiger partial charge in [0, 0.05) is 7.11 Å². The van der Waals surface area contributed by atoms with Gasteiger partial charge in [0.2, 0.25) is 5.88 Å². The molecule has 0 amide bonds. The fourth-order valence-corrected chi connectivity index (χ4v) is 1.84. The van der Waals surface area contributed by atoms with Crippen LogP contribution >= 0.6 is 0 Å². The van der Waals surface area contributed by atoms with Gasteiger partial charge in [-0.3, -0.25) is 4.79 Å². The van der Waals surface area contributed by atoms with Gasteiger partial charge in [0.1, 0.15) is 17.5 Å². The Labute approximate surface area is 110 Å². The van der Waals surface area contributed by atoms with Crippen molar-refractivity contribution in [2.45, 2.75) is 20.0 Å². The second-order valence-corrected chi connectivity index (χ2v) is 4.40. The topological polar surface area (TPSA) is 75.2 Å².